The van der Waals surface area contributed by atoms with Gasteiger partial charge in [0.15, 0.2) is 0 Å². The quantitative estimate of drug-likeness (QED) is 0.333. The maximum atomic E-state index is 2.38. The summed E-state index contributed by atoms with van der Waals surface area (Å²) in [6.07, 6.45) is 7.12. The van der Waals surface area contributed by atoms with Gasteiger partial charge in [0.25, 0.3) is 0 Å². The van der Waals surface area contributed by atoms with Gasteiger partial charge >= 0.3 is 17.4 Å². The van der Waals surface area contributed by atoms with Crippen molar-refractivity contribution >= 4 is 0 Å². The third-order valence-electron chi connectivity index (χ3n) is 2.60. The third-order valence-corrected chi connectivity index (χ3v) is 2.60. The van der Waals surface area contributed by atoms with E-state index in [9.17, 15) is 0 Å². The molecule has 0 nitrogen and oxygen atoms in total. The standard InChI is InChI=1S/3C9H19.Cr/c3*1-8(2,3)7-9(4,5)6;/h3*7H,1-6H3;/q3*-1;+3. The molecular weight excluding hydrogens is 376 g/mol. The van der Waals surface area contributed by atoms with E-state index < -0.39 is 0 Å². The van der Waals surface area contributed by atoms with Crippen molar-refractivity contribution in [3.63, 3.8) is 0 Å². The molecule has 0 unspecified atom stereocenters. The zero-order valence-electron chi connectivity index (χ0n) is 23.1. The second-order valence-corrected chi connectivity index (χ2v) is 14.6. The van der Waals surface area contributed by atoms with Gasteiger partial charge in [0.1, 0.15) is 0 Å². The van der Waals surface area contributed by atoms with Crippen molar-refractivity contribution in [3.05, 3.63) is 19.3 Å². The molecule has 1 radical (unpaired) electrons. The first-order valence-electron chi connectivity index (χ1n) is 10.7. The van der Waals surface area contributed by atoms with E-state index in [0.717, 1.165) is 0 Å². The normalized spacial score (nSPS) is 13.5. The maximum Gasteiger partial charge on any atom is 3.00 e. The van der Waals surface area contributed by atoms with Crippen LogP contribution >= 0.6 is 0 Å². The fourth-order valence-electron chi connectivity index (χ4n) is 3.90. The van der Waals surface area contributed by atoms with E-state index in [1.165, 1.54) is 0 Å². The van der Waals surface area contributed by atoms with Crippen LogP contribution in [0.2, 0.25) is 0 Å². The smallest absolute Gasteiger partial charge is 0.318 e. The first-order valence-corrected chi connectivity index (χ1v) is 10.7. The largest absolute Gasteiger partial charge is 3.00 e. The van der Waals surface area contributed by atoms with Crippen molar-refractivity contribution in [1.29, 1.82) is 0 Å². The van der Waals surface area contributed by atoms with Gasteiger partial charge in [0, 0.05) is 0 Å². The van der Waals surface area contributed by atoms with Crippen molar-refractivity contribution < 1.29 is 17.4 Å². The Balaban J connectivity index is -0.000000152. The summed E-state index contributed by atoms with van der Waals surface area (Å²) in [6.45, 7) is 40.2. The Morgan fingerprint density at radius 2 is 0.321 bits per heavy atom. The van der Waals surface area contributed by atoms with Gasteiger partial charge in [-0.25, -0.2) is 0 Å². The summed E-state index contributed by atoms with van der Waals surface area (Å²) in [4.78, 5) is 0. The average Bonchev–Trinajstić information content (AvgIpc) is 1.96. The van der Waals surface area contributed by atoms with Crippen LogP contribution in [0.1, 0.15) is 125 Å². The molecule has 0 N–H and O–H groups in total. The minimum Gasteiger partial charge on any atom is -0.318 e. The molecule has 0 aromatic heterocycles. The van der Waals surface area contributed by atoms with Crippen molar-refractivity contribution in [2.75, 3.05) is 0 Å². The average molecular weight is 434 g/mol. The summed E-state index contributed by atoms with van der Waals surface area (Å²) >= 11 is 0. The molecular formula is C27H57Cr. The summed E-state index contributed by atoms with van der Waals surface area (Å²) in [6, 6.07) is 0. The van der Waals surface area contributed by atoms with Crippen LogP contribution in [-0.2, 0) is 17.4 Å². The van der Waals surface area contributed by atoms with Crippen molar-refractivity contribution in [2.24, 2.45) is 32.5 Å². The molecule has 0 amide bonds. The summed E-state index contributed by atoms with van der Waals surface area (Å²) < 4.78 is 0. The van der Waals surface area contributed by atoms with Gasteiger partial charge in [-0.1, -0.05) is 125 Å². The minimum absolute atomic E-state index is 0. The molecule has 0 aliphatic rings. The predicted octanol–water partition coefficient (Wildman–Crippen LogP) is 9.85. The Kier molecular flexibility index (Phi) is 15.9. The van der Waals surface area contributed by atoms with E-state index in [4.69, 9.17) is 0 Å². The van der Waals surface area contributed by atoms with Crippen LogP contribution in [-0.4, -0.2) is 0 Å². The Bertz CT molecular complexity index is 264. The van der Waals surface area contributed by atoms with E-state index in [0.29, 0.717) is 32.5 Å². The van der Waals surface area contributed by atoms with Gasteiger partial charge in [0.2, 0.25) is 0 Å². The van der Waals surface area contributed by atoms with E-state index in [1.54, 1.807) is 0 Å². The molecule has 0 saturated carbocycles. The SMILES string of the molecule is CC(C)(C)[CH-]C(C)(C)C.CC(C)(C)[CH-]C(C)(C)C.CC(C)(C)[CH-]C(C)(C)C.[Cr+3]. The van der Waals surface area contributed by atoms with Crippen molar-refractivity contribution in [3.8, 4) is 0 Å². The molecule has 1 heteroatoms. The summed E-state index contributed by atoms with van der Waals surface area (Å²) in [7, 11) is 0. The molecule has 171 valence electrons. The van der Waals surface area contributed by atoms with Crippen molar-refractivity contribution in [1.82, 2.24) is 0 Å². The number of rotatable bonds is 0. The molecule has 0 aliphatic heterocycles. The second-order valence-electron chi connectivity index (χ2n) is 14.6. The number of hydrogen-bond donors (Lipinski definition) is 0. The Morgan fingerprint density at radius 3 is 0.321 bits per heavy atom. The summed E-state index contributed by atoms with van der Waals surface area (Å²) in [5.74, 6) is 0. The molecule has 0 aliphatic carbocycles. The molecule has 0 rings (SSSR count). The first kappa shape index (κ1) is 35.9. The Morgan fingerprint density at radius 1 is 0.250 bits per heavy atom. The van der Waals surface area contributed by atoms with Crippen LogP contribution in [0.15, 0.2) is 0 Å². The van der Waals surface area contributed by atoms with E-state index in [2.05, 4.69) is 144 Å². The molecule has 0 spiro atoms. The van der Waals surface area contributed by atoms with Crippen LogP contribution in [0.25, 0.3) is 0 Å². The van der Waals surface area contributed by atoms with E-state index in [-0.39, 0.29) is 17.4 Å². The maximum absolute atomic E-state index is 2.38. The van der Waals surface area contributed by atoms with E-state index in [1.807, 2.05) is 0 Å². The molecule has 0 atom stereocenters. The predicted molar refractivity (Wildman–Crippen MR) is 130 cm³/mol. The van der Waals surface area contributed by atoms with Gasteiger partial charge < -0.3 is 19.3 Å². The van der Waals surface area contributed by atoms with E-state index >= 15 is 0 Å². The molecule has 28 heavy (non-hydrogen) atoms. The molecule has 0 bridgehead atoms. The Labute approximate surface area is 193 Å². The van der Waals surface area contributed by atoms with Crippen molar-refractivity contribution in [2.45, 2.75) is 125 Å². The Hall–Kier alpha value is 0.532. The zero-order valence-corrected chi connectivity index (χ0v) is 24.4. The second kappa shape index (κ2) is 12.4. The fraction of sp³-hybridized carbons (Fsp3) is 0.889. The van der Waals surface area contributed by atoms with Crippen LogP contribution in [0.4, 0.5) is 0 Å². The van der Waals surface area contributed by atoms with Crippen LogP contribution in [0.3, 0.4) is 0 Å². The first-order chi connectivity index (χ1) is 11.1. The molecule has 0 aromatic carbocycles. The van der Waals surface area contributed by atoms with Crippen LogP contribution < -0.4 is 0 Å². The molecule has 0 heterocycles. The van der Waals surface area contributed by atoms with Gasteiger partial charge in [-0.3, -0.25) is 0 Å². The van der Waals surface area contributed by atoms with Crippen LogP contribution in [0.5, 0.6) is 0 Å². The topological polar surface area (TPSA) is 0 Å². The molecule has 0 saturated heterocycles. The van der Waals surface area contributed by atoms with Gasteiger partial charge in [0.05, 0.1) is 0 Å². The molecule has 0 aromatic rings. The van der Waals surface area contributed by atoms with Gasteiger partial charge in [-0.15, -0.1) is 0 Å². The monoisotopic (exact) mass is 433 g/mol. The van der Waals surface area contributed by atoms with Crippen LogP contribution in [0, 0.1) is 51.8 Å². The third kappa shape index (κ3) is 50.4. The van der Waals surface area contributed by atoms with Gasteiger partial charge in [-0.05, 0) is 0 Å². The zero-order chi connectivity index (χ0) is 23.1. The van der Waals surface area contributed by atoms with Gasteiger partial charge in [-0.2, -0.15) is 32.5 Å². The number of hydrogen-bond acceptors (Lipinski definition) is 0. The molecule has 0 fully saturated rings. The summed E-state index contributed by atoms with van der Waals surface area (Å²) in [5, 5.41) is 0. The minimum atomic E-state index is 0. The fourth-order valence-corrected chi connectivity index (χ4v) is 3.90. The summed E-state index contributed by atoms with van der Waals surface area (Å²) in [5.41, 5.74) is 2.16.